The maximum atomic E-state index is 11.7. The van der Waals surface area contributed by atoms with Crippen LogP contribution in [0.2, 0.25) is 5.02 Å². The number of halogens is 1. The molecule has 1 aromatic carbocycles. The number of carbonyl (C=O) groups excluding carboxylic acids is 1. The Kier molecular flexibility index (Phi) is 5.95. The molecule has 1 aromatic rings. The predicted molar refractivity (Wildman–Crippen MR) is 75.8 cm³/mol. The molecule has 0 aromatic heterocycles. The van der Waals surface area contributed by atoms with Gasteiger partial charge < -0.3 is 16.4 Å². The first-order chi connectivity index (χ1) is 8.52. The smallest absolute Gasteiger partial charge is 0.222 e. The Hall–Kier alpha value is -1.26. The Morgan fingerprint density at radius 1 is 1.39 bits per heavy atom. The summed E-state index contributed by atoms with van der Waals surface area (Å²) in [7, 11) is 0. The van der Waals surface area contributed by atoms with Crippen LogP contribution >= 0.6 is 11.6 Å². The van der Waals surface area contributed by atoms with Gasteiger partial charge in [-0.25, -0.2) is 0 Å². The van der Waals surface area contributed by atoms with Crippen molar-refractivity contribution in [2.45, 2.75) is 32.4 Å². The molecule has 4 N–H and O–H groups in total. The lowest BCUT2D eigenvalue weighted by Crippen LogP contribution is -2.38. The number of nitrogens with two attached hydrogens (primary N) is 1. The average Bonchev–Trinajstić information content (AvgIpc) is 2.30. The van der Waals surface area contributed by atoms with E-state index in [9.17, 15) is 4.79 Å². The fraction of sp³-hybridized carbons (Fsp3) is 0.462. The van der Waals surface area contributed by atoms with E-state index in [0.717, 1.165) is 5.69 Å². The predicted octanol–water partition coefficient (Wildman–Crippen LogP) is 1.99. The summed E-state index contributed by atoms with van der Waals surface area (Å²) in [5.74, 6) is -0.0139. The van der Waals surface area contributed by atoms with Crippen molar-refractivity contribution in [3.8, 4) is 0 Å². The standard InChI is InChI=1S/C13H20ClN3O/c1-9(2)16-13(18)7-10(8-15)17-12-6-4-3-5-11(12)14/h3-6,9-10,17H,7-8,15H2,1-2H3,(H,16,18). The molecule has 18 heavy (non-hydrogen) atoms. The maximum Gasteiger partial charge on any atom is 0.222 e. The summed E-state index contributed by atoms with van der Waals surface area (Å²) in [4.78, 5) is 11.7. The third kappa shape index (κ3) is 4.94. The number of benzene rings is 1. The molecule has 1 rings (SSSR count). The number of nitrogens with one attached hydrogen (secondary N) is 2. The van der Waals surface area contributed by atoms with Crippen LogP contribution in [-0.2, 0) is 4.79 Å². The van der Waals surface area contributed by atoms with E-state index in [1.165, 1.54) is 0 Å². The van der Waals surface area contributed by atoms with E-state index in [2.05, 4.69) is 10.6 Å². The Balaban J connectivity index is 2.57. The van der Waals surface area contributed by atoms with E-state index in [0.29, 0.717) is 18.0 Å². The number of hydrogen-bond donors (Lipinski definition) is 3. The van der Waals surface area contributed by atoms with Crippen molar-refractivity contribution in [3.05, 3.63) is 29.3 Å². The first-order valence-corrected chi connectivity index (χ1v) is 6.41. The summed E-state index contributed by atoms with van der Waals surface area (Å²) < 4.78 is 0. The Morgan fingerprint density at radius 2 is 2.06 bits per heavy atom. The zero-order valence-electron chi connectivity index (χ0n) is 10.7. The average molecular weight is 270 g/mol. The van der Waals surface area contributed by atoms with E-state index in [1.807, 2.05) is 32.0 Å². The van der Waals surface area contributed by atoms with E-state index >= 15 is 0 Å². The van der Waals surface area contributed by atoms with Gasteiger partial charge in [0.2, 0.25) is 5.91 Å². The Bertz CT molecular complexity index is 396. The van der Waals surface area contributed by atoms with Crippen molar-refractivity contribution in [3.63, 3.8) is 0 Å². The minimum atomic E-state index is -0.122. The van der Waals surface area contributed by atoms with E-state index < -0.39 is 0 Å². The Labute approximate surface area is 113 Å². The van der Waals surface area contributed by atoms with E-state index in [1.54, 1.807) is 6.07 Å². The third-order valence-electron chi connectivity index (χ3n) is 2.40. The van der Waals surface area contributed by atoms with Crippen LogP contribution in [0.5, 0.6) is 0 Å². The highest BCUT2D eigenvalue weighted by Crippen LogP contribution is 2.21. The lowest BCUT2D eigenvalue weighted by molar-refractivity contribution is -0.121. The molecule has 1 amide bonds. The minimum Gasteiger partial charge on any atom is -0.379 e. The van der Waals surface area contributed by atoms with Crippen LogP contribution in [0.15, 0.2) is 24.3 Å². The van der Waals surface area contributed by atoms with Crippen molar-refractivity contribution in [2.75, 3.05) is 11.9 Å². The number of amides is 1. The summed E-state index contributed by atoms with van der Waals surface area (Å²) in [5, 5.41) is 6.65. The molecule has 0 spiro atoms. The molecule has 0 bridgehead atoms. The quantitative estimate of drug-likeness (QED) is 0.740. The maximum absolute atomic E-state index is 11.7. The number of hydrogen-bond acceptors (Lipinski definition) is 3. The van der Waals surface area contributed by atoms with Crippen LogP contribution in [0.3, 0.4) is 0 Å². The van der Waals surface area contributed by atoms with Crippen LogP contribution in [0.25, 0.3) is 0 Å². The molecule has 0 radical (unpaired) electrons. The minimum absolute atomic E-state index is 0.0139. The molecule has 0 aliphatic heterocycles. The number of para-hydroxylation sites is 1. The highest BCUT2D eigenvalue weighted by Gasteiger charge is 2.13. The van der Waals surface area contributed by atoms with E-state index in [4.69, 9.17) is 17.3 Å². The lowest BCUT2D eigenvalue weighted by atomic mass is 10.1. The molecule has 0 aliphatic rings. The zero-order valence-corrected chi connectivity index (χ0v) is 11.5. The fourth-order valence-corrected chi connectivity index (χ4v) is 1.79. The zero-order chi connectivity index (χ0) is 13.5. The molecule has 0 saturated heterocycles. The summed E-state index contributed by atoms with van der Waals surface area (Å²) in [6.45, 7) is 4.23. The van der Waals surface area contributed by atoms with Gasteiger partial charge >= 0.3 is 0 Å². The SMILES string of the molecule is CC(C)NC(=O)CC(CN)Nc1ccccc1Cl. The van der Waals surface area contributed by atoms with Crippen molar-refractivity contribution >= 4 is 23.2 Å². The van der Waals surface area contributed by atoms with E-state index in [-0.39, 0.29) is 18.0 Å². The summed E-state index contributed by atoms with van der Waals surface area (Å²) in [5.41, 5.74) is 6.46. The molecule has 0 saturated carbocycles. The molecule has 0 heterocycles. The molecule has 1 unspecified atom stereocenters. The van der Waals surface area contributed by atoms with Crippen molar-refractivity contribution in [1.82, 2.24) is 5.32 Å². The number of rotatable bonds is 6. The van der Waals surface area contributed by atoms with Gasteiger partial charge in [0.25, 0.3) is 0 Å². The topological polar surface area (TPSA) is 67.2 Å². The molecular formula is C13H20ClN3O. The van der Waals surface area contributed by atoms with Crippen molar-refractivity contribution in [2.24, 2.45) is 5.73 Å². The Morgan fingerprint density at radius 3 is 2.61 bits per heavy atom. The van der Waals surface area contributed by atoms with Gasteiger partial charge in [0.15, 0.2) is 0 Å². The number of anilines is 1. The highest BCUT2D eigenvalue weighted by molar-refractivity contribution is 6.33. The van der Waals surface area contributed by atoms with Gasteiger partial charge in [-0.05, 0) is 26.0 Å². The largest absolute Gasteiger partial charge is 0.379 e. The monoisotopic (exact) mass is 269 g/mol. The first kappa shape index (κ1) is 14.8. The summed E-state index contributed by atoms with van der Waals surface area (Å²) in [6, 6.07) is 7.42. The number of carbonyl (C=O) groups is 1. The fourth-order valence-electron chi connectivity index (χ4n) is 1.60. The first-order valence-electron chi connectivity index (χ1n) is 6.03. The molecular weight excluding hydrogens is 250 g/mol. The second-order valence-corrected chi connectivity index (χ2v) is 4.89. The van der Waals surface area contributed by atoms with Gasteiger partial charge in [-0.2, -0.15) is 0 Å². The lowest BCUT2D eigenvalue weighted by Gasteiger charge is -2.19. The highest BCUT2D eigenvalue weighted by atomic mass is 35.5. The van der Waals surface area contributed by atoms with Crippen LogP contribution in [0.4, 0.5) is 5.69 Å². The summed E-state index contributed by atoms with van der Waals surface area (Å²) >= 11 is 6.04. The van der Waals surface area contributed by atoms with Crippen LogP contribution in [-0.4, -0.2) is 24.5 Å². The molecule has 100 valence electrons. The van der Waals surface area contributed by atoms with Gasteiger partial charge in [-0.3, -0.25) is 4.79 Å². The second kappa shape index (κ2) is 7.24. The second-order valence-electron chi connectivity index (χ2n) is 4.48. The van der Waals surface area contributed by atoms with Crippen LogP contribution in [0.1, 0.15) is 20.3 Å². The van der Waals surface area contributed by atoms with Crippen LogP contribution < -0.4 is 16.4 Å². The third-order valence-corrected chi connectivity index (χ3v) is 2.73. The van der Waals surface area contributed by atoms with Gasteiger partial charge in [0.1, 0.15) is 0 Å². The van der Waals surface area contributed by atoms with Gasteiger partial charge in [-0.15, -0.1) is 0 Å². The van der Waals surface area contributed by atoms with Gasteiger partial charge in [0, 0.05) is 25.0 Å². The van der Waals surface area contributed by atoms with Gasteiger partial charge in [-0.1, -0.05) is 23.7 Å². The van der Waals surface area contributed by atoms with Crippen molar-refractivity contribution < 1.29 is 4.79 Å². The molecule has 0 fully saturated rings. The molecule has 0 aliphatic carbocycles. The van der Waals surface area contributed by atoms with Crippen LogP contribution in [0, 0.1) is 0 Å². The molecule has 4 nitrogen and oxygen atoms in total. The summed E-state index contributed by atoms with van der Waals surface area (Å²) in [6.07, 6.45) is 0.333. The molecule has 5 heteroatoms. The van der Waals surface area contributed by atoms with Gasteiger partial charge in [0.05, 0.1) is 10.7 Å². The molecule has 1 atom stereocenters. The van der Waals surface area contributed by atoms with Crippen molar-refractivity contribution in [1.29, 1.82) is 0 Å². The normalized spacial score (nSPS) is 12.3.